The molecular formula is C16H23N3O. The Morgan fingerprint density at radius 3 is 2.90 bits per heavy atom. The minimum absolute atomic E-state index is 0.00642. The van der Waals surface area contributed by atoms with Crippen LogP contribution in [0.3, 0.4) is 0 Å². The largest absolute Gasteiger partial charge is 0.332 e. The molecule has 108 valence electrons. The molecule has 4 nitrogen and oxygen atoms in total. The van der Waals surface area contributed by atoms with E-state index < -0.39 is 0 Å². The summed E-state index contributed by atoms with van der Waals surface area (Å²) in [6, 6.07) is 6.32. The van der Waals surface area contributed by atoms with Crippen molar-refractivity contribution in [1.82, 2.24) is 15.2 Å². The fourth-order valence-electron chi connectivity index (χ4n) is 3.00. The molecule has 1 saturated heterocycles. The molecule has 3 rings (SSSR count). The van der Waals surface area contributed by atoms with E-state index in [1.165, 1.54) is 6.42 Å². The summed E-state index contributed by atoms with van der Waals surface area (Å²) in [6.07, 6.45) is 6.39. The summed E-state index contributed by atoms with van der Waals surface area (Å²) in [5.41, 5.74) is 0.983. The highest BCUT2D eigenvalue weighted by molar-refractivity contribution is 5.83. The number of piperidine rings is 1. The number of carbonyl (C=O) groups excluding carboxylic acids is 1. The smallest absolute Gasteiger partial charge is 0.240 e. The molecule has 0 aromatic carbocycles. The number of amides is 1. The third-order valence-electron chi connectivity index (χ3n) is 4.36. The van der Waals surface area contributed by atoms with E-state index >= 15 is 0 Å². The van der Waals surface area contributed by atoms with E-state index in [4.69, 9.17) is 0 Å². The van der Waals surface area contributed by atoms with Crippen LogP contribution in [0, 0.1) is 5.92 Å². The van der Waals surface area contributed by atoms with E-state index in [9.17, 15) is 4.79 Å². The van der Waals surface area contributed by atoms with Crippen LogP contribution in [0.2, 0.25) is 0 Å². The van der Waals surface area contributed by atoms with Crippen LogP contribution in [0.4, 0.5) is 0 Å². The molecule has 20 heavy (non-hydrogen) atoms. The van der Waals surface area contributed by atoms with Gasteiger partial charge in [-0.3, -0.25) is 9.78 Å². The highest BCUT2D eigenvalue weighted by Gasteiger charge is 2.38. The standard InChI is InChI=1S/C16H23N3O/c1-12-5-4-10-18-15(12)16(20)19(14-7-8-14)11-13-6-2-3-9-17-13/h2-3,6,9,12,14-15,18H,4-5,7-8,10-11H2,1H3. The number of rotatable bonds is 4. The van der Waals surface area contributed by atoms with Crippen molar-refractivity contribution in [3.63, 3.8) is 0 Å². The molecular weight excluding hydrogens is 250 g/mol. The maximum atomic E-state index is 12.8. The molecule has 2 aliphatic rings. The fourth-order valence-corrected chi connectivity index (χ4v) is 3.00. The summed E-state index contributed by atoms with van der Waals surface area (Å²) in [7, 11) is 0. The minimum Gasteiger partial charge on any atom is -0.332 e. The van der Waals surface area contributed by atoms with E-state index in [0.29, 0.717) is 18.5 Å². The second-order valence-corrected chi connectivity index (χ2v) is 6.07. The van der Waals surface area contributed by atoms with Crippen molar-refractivity contribution in [2.75, 3.05) is 6.54 Å². The molecule has 1 aliphatic carbocycles. The van der Waals surface area contributed by atoms with Gasteiger partial charge < -0.3 is 10.2 Å². The monoisotopic (exact) mass is 273 g/mol. The van der Waals surface area contributed by atoms with E-state index in [-0.39, 0.29) is 11.9 Å². The number of nitrogens with zero attached hydrogens (tertiary/aromatic N) is 2. The quantitative estimate of drug-likeness (QED) is 0.912. The summed E-state index contributed by atoms with van der Waals surface area (Å²) in [6.45, 7) is 3.79. The van der Waals surface area contributed by atoms with E-state index in [0.717, 1.165) is 31.5 Å². The van der Waals surface area contributed by atoms with Gasteiger partial charge in [-0.1, -0.05) is 13.0 Å². The lowest BCUT2D eigenvalue weighted by atomic mass is 9.91. The first-order valence-electron chi connectivity index (χ1n) is 7.69. The number of hydrogen-bond acceptors (Lipinski definition) is 3. The van der Waals surface area contributed by atoms with Gasteiger partial charge in [-0.15, -0.1) is 0 Å². The Morgan fingerprint density at radius 1 is 1.40 bits per heavy atom. The van der Waals surface area contributed by atoms with Crippen LogP contribution in [0.1, 0.15) is 38.3 Å². The van der Waals surface area contributed by atoms with E-state index in [1.54, 1.807) is 6.20 Å². The van der Waals surface area contributed by atoms with Gasteiger partial charge >= 0.3 is 0 Å². The van der Waals surface area contributed by atoms with E-state index in [1.807, 2.05) is 23.1 Å². The van der Waals surface area contributed by atoms with Crippen LogP contribution in [-0.4, -0.2) is 34.4 Å². The molecule has 0 bridgehead atoms. The average molecular weight is 273 g/mol. The van der Waals surface area contributed by atoms with Crippen molar-refractivity contribution in [3.8, 4) is 0 Å². The van der Waals surface area contributed by atoms with Crippen LogP contribution in [-0.2, 0) is 11.3 Å². The normalized spacial score (nSPS) is 26.2. The molecule has 2 heterocycles. The maximum Gasteiger partial charge on any atom is 0.240 e. The van der Waals surface area contributed by atoms with Crippen molar-refractivity contribution >= 4 is 5.91 Å². The molecule has 1 aromatic rings. The number of nitrogens with one attached hydrogen (secondary N) is 1. The Labute approximate surface area is 120 Å². The predicted octanol–water partition coefficient (Wildman–Crippen LogP) is 1.96. The molecule has 2 unspecified atom stereocenters. The second kappa shape index (κ2) is 5.92. The fraction of sp³-hybridized carbons (Fsp3) is 0.625. The third-order valence-corrected chi connectivity index (χ3v) is 4.36. The molecule has 1 aromatic heterocycles. The van der Waals surface area contributed by atoms with Gasteiger partial charge in [-0.2, -0.15) is 0 Å². The van der Waals surface area contributed by atoms with Gasteiger partial charge in [0.2, 0.25) is 5.91 Å². The van der Waals surface area contributed by atoms with Gasteiger partial charge in [0.05, 0.1) is 18.3 Å². The zero-order valence-corrected chi connectivity index (χ0v) is 12.1. The first-order chi connectivity index (χ1) is 9.75. The third kappa shape index (κ3) is 3.01. The van der Waals surface area contributed by atoms with Crippen LogP contribution in [0.25, 0.3) is 0 Å². The highest BCUT2D eigenvalue weighted by Crippen LogP contribution is 2.30. The Bertz CT molecular complexity index is 458. The first-order valence-corrected chi connectivity index (χ1v) is 7.69. The SMILES string of the molecule is CC1CCCNC1C(=O)N(Cc1ccccn1)C1CC1. The van der Waals surface area contributed by atoms with Crippen molar-refractivity contribution in [1.29, 1.82) is 0 Å². The predicted molar refractivity (Wildman–Crippen MR) is 78.0 cm³/mol. The maximum absolute atomic E-state index is 12.8. The number of aromatic nitrogens is 1. The molecule has 1 amide bonds. The van der Waals surface area contributed by atoms with Gasteiger partial charge in [0, 0.05) is 12.2 Å². The molecule has 4 heteroatoms. The van der Waals surface area contributed by atoms with Gasteiger partial charge in [0.15, 0.2) is 0 Å². The van der Waals surface area contributed by atoms with Gasteiger partial charge in [-0.25, -0.2) is 0 Å². The molecule has 1 saturated carbocycles. The minimum atomic E-state index is -0.00642. The lowest BCUT2D eigenvalue weighted by Crippen LogP contribution is -2.52. The van der Waals surface area contributed by atoms with Crippen LogP contribution in [0.5, 0.6) is 0 Å². The first kappa shape index (κ1) is 13.6. The zero-order chi connectivity index (χ0) is 13.9. The van der Waals surface area contributed by atoms with Crippen molar-refractivity contribution in [2.45, 2.75) is 51.2 Å². The Balaban J connectivity index is 1.71. The summed E-state index contributed by atoms with van der Waals surface area (Å²) in [5.74, 6) is 0.701. The van der Waals surface area contributed by atoms with Gasteiger partial charge in [0.25, 0.3) is 0 Å². The van der Waals surface area contributed by atoms with Crippen molar-refractivity contribution < 1.29 is 4.79 Å². The molecule has 2 atom stereocenters. The Hall–Kier alpha value is -1.42. The lowest BCUT2D eigenvalue weighted by molar-refractivity contribution is -0.136. The van der Waals surface area contributed by atoms with Crippen LogP contribution in [0.15, 0.2) is 24.4 Å². The molecule has 1 aliphatic heterocycles. The highest BCUT2D eigenvalue weighted by atomic mass is 16.2. The van der Waals surface area contributed by atoms with Gasteiger partial charge in [-0.05, 0) is 50.3 Å². The van der Waals surface area contributed by atoms with Crippen molar-refractivity contribution in [3.05, 3.63) is 30.1 Å². The lowest BCUT2D eigenvalue weighted by Gasteiger charge is -2.34. The van der Waals surface area contributed by atoms with Crippen LogP contribution >= 0.6 is 0 Å². The summed E-state index contributed by atoms with van der Waals surface area (Å²) in [5, 5.41) is 3.41. The summed E-state index contributed by atoms with van der Waals surface area (Å²) < 4.78 is 0. The second-order valence-electron chi connectivity index (χ2n) is 6.07. The summed E-state index contributed by atoms with van der Waals surface area (Å²) >= 11 is 0. The van der Waals surface area contributed by atoms with E-state index in [2.05, 4.69) is 17.2 Å². The van der Waals surface area contributed by atoms with Gasteiger partial charge in [0.1, 0.15) is 0 Å². The Morgan fingerprint density at radius 2 is 2.25 bits per heavy atom. The van der Waals surface area contributed by atoms with Crippen molar-refractivity contribution in [2.24, 2.45) is 5.92 Å². The van der Waals surface area contributed by atoms with Crippen LogP contribution < -0.4 is 5.32 Å². The summed E-state index contributed by atoms with van der Waals surface area (Å²) in [4.78, 5) is 19.2. The topological polar surface area (TPSA) is 45.2 Å². The number of hydrogen-bond donors (Lipinski definition) is 1. The number of pyridine rings is 1. The molecule has 1 N–H and O–H groups in total. The zero-order valence-electron chi connectivity index (χ0n) is 12.1. The molecule has 2 fully saturated rings. The number of carbonyl (C=O) groups is 1. The average Bonchev–Trinajstić information content (AvgIpc) is 3.30. The Kier molecular flexibility index (Phi) is 4.01. The molecule has 0 spiro atoms. The molecule has 0 radical (unpaired) electrons.